The van der Waals surface area contributed by atoms with Crippen molar-refractivity contribution in [1.29, 1.82) is 0 Å². The number of nitrogens with zero attached hydrogens (tertiary/aromatic N) is 1. The van der Waals surface area contributed by atoms with Gasteiger partial charge in [0.05, 0.1) is 15.6 Å². The van der Waals surface area contributed by atoms with Crippen LogP contribution in [0, 0.1) is 5.82 Å². The van der Waals surface area contributed by atoms with Gasteiger partial charge < -0.3 is 4.90 Å². The average Bonchev–Trinajstić information content (AvgIpc) is 2.87. The SMILES string of the molecule is CC(C)N(C(=O)c1cc(F)c(Cl)cc1Cl)C1CCCC1. The number of amides is 1. The van der Waals surface area contributed by atoms with Gasteiger partial charge in [0.25, 0.3) is 5.91 Å². The molecule has 0 aliphatic heterocycles. The molecule has 1 aliphatic carbocycles. The Balaban J connectivity index is 2.34. The lowest BCUT2D eigenvalue weighted by Gasteiger charge is -2.33. The molecule has 0 N–H and O–H groups in total. The van der Waals surface area contributed by atoms with Gasteiger partial charge in [-0.2, -0.15) is 0 Å². The summed E-state index contributed by atoms with van der Waals surface area (Å²) in [6.45, 7) is 3.94. The molecule has 0 saturated heterocycles. The fourth-order valence-electron chi connectivity index (χ4n) is 2.83. The smallest absolute Gasteiger partial charge is 0.255 e. The maximum atomic E-state index is 13.6. The van der Waals surface area contributed by atoms with Crippen molar-refractivity contribution < 1.29 is 9.18 Å². The van der Waals surface area contributed by atoms with Crippen molar-refractivity contribution in [2.75, 3.05) is 0 Å². The summed E-state index contributed by atoms with van der Waals surface area (Å²) >= 11 is 11.7. The Bertz CT molecular complexity index is 513. The Morgan fingerprint density at radius 1 is 1.25 bits per heavy atom. The summed E-state index contributed by atoms with van der Waals surface area (Å²) in [6, 6.07) is 2.70. The van der Waals surface area contributed by atoms with Crippen molar-refractivity contribution in [3.05, 3.63) is 33.6 Å². The van der Waals surface area contributed by atoms with E-state index in [4.69, 9.17) is 23.2 Å². The van der Waals surface area contributed by atoms with Crippen LogP contribution >= 0.6 is 23.2 Å². The van der Waals surface area contributed by atoms with Gasteiger partial charge in [-0.1, -0.05) is 36.0 Å². The molecule has 5 heteroatoms. The number of carbonyl (C=O) groups is 1. The van der Waals surface area contributed by atoms with Gasteiger partial charge in [-0.15, -0.1) is 0 Å². The second-order valence-electron chi connectivity index (χ2n) is 5.49. The van der Waals surface area contributed by atoms with Crippen LogP contribution in [0.15, 0.2) is 12.1 Å². The molecule has 0 heterocycles. The first-order chi connectivity index (χ1) is 9.41. The van der Waals surface area contributed by atoms with Crippen LogP contribution in [0.5, 0.6) is 0 Å². The standard InChI is InChI=1S/C15H18Cl2FNO/c1-9(2)19(10-5-3-4-6-10)15(20)11-7-14(18)13(17)8-12(11)16/h7-10H,3-6H2,1-2H3. The van der Waals surface area contributed by atoms with Crippen LogP contribution in [0.1, 0.15) is 49.9 Å². The minimum Gasteiger partial charge on any atom is -0.333 e. The van der Waals surface area contributed by atoms with E-state index in [1.54, 1.807) is 0 Å². The van der Waals surface area contributed by atoms with Gasteiger partial charge >= 0.3 is 0 Å². The third kappa shape index (κ3) is 3.09. The molecule has 2 rings (SSSR count). The molecule has 1 aromatic carbocycles. The first-order valence-corrected chi connectivity index (χ1v) is 7.64. The van der Waals surface area contributed by atoms with Crippen molar-refractivity contribution in [2.24, 2.45) is 0 Å². The summed E-state index contributed by atoms with van der Waals surface area (Å²) in [6.07, 6.45) is 4.25. The van der Waals surface area contributed by atoms with Gasteiger partial charge in [0.1, 0.15) is 5.82 Å². The summed E-state index contributed by atoms with van der Waals surface area (Å²) in [4.78, 5) is 14.5. The third-order valence-electron chi connectivity index (χ3n) is 3.75. The molecule has 1 fully saturated rings. The van der Waals surface area contributed by atoms with Gasteiger partial charge in [0.2, 0.25) is 0 Å². The number of hydrogen-bond acceptors (Lipinski definition) is 1. The van der Waals surface area contributed by atoms with E-state index in [1.165, 1.54) is 6.07 Å². The fraction of sp³-hybridized carbons (Fsp3) is 0.533. The summed E-state index contributed by atoms with van der Waals surface area (Å²) in [5, 5.41) is 0.133. The van der Waals surface area contributed by atoms with Gasteiger partial charge in [0, 0.05) is 12.1 Å². The van der Waals surface area contributed by atoms with Crippen molar-refractivity contribution in [3.63, 3.8) is 0 Å². The molecule has 110 valence electrons. The van der Waals surface area contributed by atoms with Crippen molar-refractivity contribution in [2.45, 2.75) is 51.6 Å². The highest BCUT2D eigenvalue weighted by molar-refractivity contribution is 6.36. The Labute approximate surface area is 128 Å². The molecule has 0 bridgehead atoms. The molecule has 1 aliphatic rings. The highest BCUT2D eigenvalue weighted by atomic mass is 35.5. The molecule has 1 amide bonds. The van der Waals surface area contributed by atoms with Gasteiger partial charge in [-0.3, -0.25) is 4.79 Å². The van der Waals surface area contributed by atoms with E-state index in [9.17, 15) is 9.18 Å². The van der Waals surface area contributed by atoms with E-state index < -0.39 is 5.82 Å². The van der Waals surface area contributed by atoms with Crippen molar-refractivity contribution in [1.82, 2.24) is 4.90 Å². The predicted molar refractivity (Wildman–Crippen MR) is 80.0 cm³/mol. The molecule has 0 unspecified atom stereocenters. The quantitative estimate of drug-likeness (QED) is 0.724. The van der Waals surface area contributed by atoms with Crippen LogP contribution in [-0.2, 0) is 0 Å². The molecule has 20 heavy (non-hydrogen) atoms. The maximum Gasteiger partial charge on any atom is 0.255 e. The summed E-state index contributed by atoms with van der Waals surface area (Å²) in [7, 11) is 0. The highest BCUT2D eigenvalue weighted by Crippen LogP contribution is 2.30. The Hall–Kier alpha value is -0.800. The number of carbonyl (C=O) groups excluding carboxylic acids is 1. The first-order valence-electron chi connectivity index (χ1n) is 6.89. The topological polar surface area (TPSA) is 20.3 Å². The number of halogens is 3. The van der Waals surface area contributed by atoms with Crippen molar-refractivity contribution >= 4 is 29.1 Å². The summed E-state index contributed by atoms with van der Waals surface area (Å²) < 4.78 is 13.6. The molecule has 0 aromatic heterocycles. The maximum absolute atomic E-state index is 13.6. The molecule has 2 nitrogen and oxygen atoms in total. The summed E-state index contributed by atoms with van der Waals surface area (Å²) in [5.41, 5.74) is 0.189. The number of benzene rings is 1. The minimum atomic E-state index is -0.616. The fourth-order valence-corrected chi connectivity index (χ4v) is 3.29. The predicted octanol–water partition coefficient (Wildman–Crippen LogP) is 4.93. The van der Waals surface area contributed by atoms with E-state index >= 15 is 0 Å². The van der Waals surface area contributed by atoms with E-state index in [0.717, 1.165) is 31.7 Å². The van der Waals surface area contributed by atoms with Crippen LogP contribution in [0.25, 0.3) is 0 Å². The monoisotopic (exact) mass is 317 g/mol. The largest absolute Gasteiger partial charge is 0.333 e. The molecular formula is C15H18Cl2FNO. The summed E-state index contributed by atoms with van der Waals surface area (Å²) in [5.74, 6) is -0.831. The third-order valence-corrected chi connectivity index (χ3v) is 4.35. The number of hydrogen-bond donors (Lipinski definition) is 0. The zero-order valence-corrected chi connectivity index (χ0v) is 13.1. The van der Waals surface area contributed by atoms with E-state index in [0.29, 0.717) is 0 Å². The van der Waals surface area contributed by atoms with Gasteiger partial charge in [0.15, 0.2) is 0 Å². The Morgan fingerprint density at radius 2 is 1.85 bits per heavy atom. The molecule has 0 atom stereocenters. The Morgan fingerprint density at radius 3 is 2.40 bits per heavy atom. The van der Waals surface area contributed by atoms with E-state index in [-0.39, 0.29) is 33.6 Å². The molecule has 0 spiro atoms. The average molecular weight is 318 g/mol. The van der Waals surface area contributed by atoms with E-state index in [2.05, 4.69) is 0 Å². The van der Waals surface area contributed by atoms with E-state index in [1.807, 2.05) is 18.7 Å². The van der Waals surface area contributed by atoms with Crippen molar-refractivity contribution in [3.8, 4) is 0 Å². The molecule has 1 aromatic rings. The lowest BCUT2D eigenvalue weighted by Crippen LogP contribution is -2.43. The molecule has 1 saturated carbocycles. The minimum absolute atomic E-state index is 0.0559. The van der Waals surface area contributed by atoms with Crippen LogP contribution in [0.2, 0.25) is 10.0 Å². The zero-order valence-electron chi connectivity index (χ0n) is 11.6. The second kappa shape index (κ2) is 6.31. The zero-order chi connectivity index (χ0) is 14.9. The first kappa shape index (κ1) is 15.6. The lowest BCUT2D eigenvalue weighted by atomic mass is 10.1. The van der Waals surface area contributed by atoms with Crippen LogP contribution in [0.4, 0.5) is 4.39 Å². The Kier molecular flexibility index (Phi) is 4.92. The lowest BCUT2D eigenvalue weighted by molar-refractivity contribution is 0.0613. The second-order valence-corrected chi connectivity index (χ2v) is 6.31. The molecular weight excluding hydrogens is 300 g/mol. The van der Waals surface area contributed by atoms with Gasteiger partial charge in [-0.05, 0) is 38.8 Å². The van der Waals surface area contributed by atoms with Crippen LogP contribution in [-0.4, -0.2) is 22.9 Å². The highest BCUT2D eigenvalue weighted by Gasteiger charge is 2.30. The van der Waals surface area contributed by atoms with Crippen LogP contribution in [0.3, 0.4) is 0 Å². The number of rotatable bonds is 3. The molecule has 0 radical (unpaired) electrons. The van der Waals surface area contributed by atoms with Gasteiger partial charge in [-0.25, -0.2) is 4.39 Å². The van der Waals surface area contributed by atoms with Crippen LogP contribution < -0.4 is 0 Å². The normalized spacial score (nSPS) is 15.9.